The van der Waals surface area contributed by atoms with Gasteiger partial charge in [-0.1, -0.05) is 6.07 Å². The molecule has 39 heavy (non-hydrogen) atoms. The zero-order valence-corrected chi connectivity index (χ0v) is 21.5. The first kappa shape index (κ1) is 25.1. The molecule has 1 amide bonds. The Balaban J connectivity index is 1.33. The number of amides is 1. The average Bonchev–Trinajstić information content (AvgIpc) is 3.69. The van der Waals surface area contributed by atoms with E-state index < -0.39 is 11.7 Å². The van der Waals surface area contributed by atoms with Crippen molar-refractivity contribution in [3.05, 3.63) is 65.5 Å². The number of aromatic nitrogens is 4. The molecule has 202 valence electrons. The Morgan fingerprint density at radius 1 is 1.15 bits per heavy atom. The Labute approximate surface area is 224 Å². The number of hydrogen-bond donors (Lipinski definition) is 2. The van der Waals surface area contributed by atoms with E-state index >= 15 is 0 Å². The van der Waals surface area contributed by atoms with Crippen LogP contribution in [-0.4, -0.2) is 51.9 Å². The van der Waals surface area contributed by atoms with Crippen molar-refractivity contribution in [1.29, 1.82) is 0 Å². The molecule has 6 rings (SSSR count). The number of nitrogens with one attached hydrogen (secondary N) is 1. The Kier molecular flexibility index (Phi) is 6.74. The molecular weight excluding hydrogens is 503 g/mol. The van der Waals surface area contributed by atoms with E-state index in [9.17, 15) is 9.18 Å². The number of hydrogen-bond acceptors (Lipinski definition) is 8. The first-order valence-electron chi connectivity index (χ1n) is 13.0. The summed E-state index contributed by atoms with van der Waals surface area (Å²) in [5, 5.41) is 7.32. The molecule has 0 atom stereocenters. The fourth-order valence-electron chi connectivity index (χ4n) is 4.86. The number of nitrogens with two attached hydrogens (primary N) is 1. The molecule has 2 fully saturated rings. The lowest BCUT2D eigenvalue weighted by Crippen LogP contribution is -2.23. The van der Waals surface area contributed by atoms with Crippen LogP contribution in [0.25, 0.3) is 16.8 Å². The summed E-state index contributed by atoms with van der Waals surface area (Å²) in [6, 6.07) is 9.56. The highest BCUT2D eigenvalue weighted by atomic mass is 19.1. The zero-order valence-electron chi connectivity index (χ0n) is 21.5. The molecule has 3 heterocycles. The van der Waals surface area contributed by atoms with Crippen molar-refractivity contribution in [1.82, 2.24) is 24.9 Å². The number of anilines is 1. The smallest absolute Gasteiger partial charge is 0.255 e. The van der Waals surface area contributed by atoms with Gasteiger partial charge >= 0.3 is 0 Å². The van der Waals surface area contributed by atoms with Crippen LogP contribution in [-0.2, 0) is 11.3 Å². The number of rotatable bonds is 8. The molecular formula is C28H29FN6O4. The van der Waals surface area contributed by atoms with Gasteiger partial charge in [-0.3, -0.25) is 4.79 Å². The van der Waals surface area contributed by atoms with Gasteiger partial charge in [0, 0.05) is 31.2 Å². The van der Waals surface area contributed by atoms with Crippen LogP contribution >= 0.6 is 0 Å². The summed E-state index contributed by atoms with van der Waals surface area (Å²) >= 11 is 0. The number of benzene rings is 2. The van der Waals surface area contributed by atoms with Crippen molar-refractivity contribution >= 4 is 17.2 Å². The minimum Gasteiger partial charge on any atom is -0.496 e. The highest BCUT2D eigenvalue weighted by Crippen LogP contribution is 2.40. The van der Waals surface area contributed by atoms with Gasteiger partial charge in [-0.2, -0.15) is 5.10 Å². The minimum atomic E-state index is -0.513. The van der Waals surface area contributed by atoms with E-state index in [1.54, 1.807) is 4.52 Å². The van der Waals surface area contributed by atoms with Crippen molar-refractivity contribution in [3.63, 3.8) is 0 Å². The quantitative estimate of drug-likeness (QED) is 0.350. The maximum Gasteiger partial charge on any atom is 0.255 e. The first-order chi connectivity index (χ1) is 19.0. The summed E-state index contributed by atoms with van der Waals surface area (Å²) in [5.74, 6) is 1.35. The molecule has 0 spiro atoms. The number of carbonyl (C=O) groups excluding carboxylic acids is 1. The van der Waals surface area contributed by atoms with Crippen LogP contribution in [0.15, 0.2) is 42.7 Å². The molecule has 4 aromatic rings. The Morgan fingerprint density at radius 3 is 2.74 bits per heavy atom. The van der Waals surface area contributed by atoms with Crippen molar-refractivity contribution in [3.8, 4) is 22.8 Å². The molecule has 1 saturated carbocycles. The highest BCUT2D eigenvalue weighted by molar-refractivity contribution is 5.97. The van der Waals surface area contributed by atoms with Crippen LogP contribution in [0.4, 0.5) is 10.2 Å². The van der Waals surface area contributed by atoms with E-state index in [-0.39, 0.29) is 24.1 Å². The molecule has 2 aromatic heterocycles. The van der Waals surface area contributed by atoms with Gasteiger partial charge in [0.1, 0.15) is 40.7 Å². The highest BCUT2D eigenvalue weighted by Gasteiger charge is 2.29. The van der Waals surface area contributed by atoms with Crippen molar-refractivity contribution in [2.75, 3.05) is 26.1 Å². The Hall–Kier alpha value is -4.25. The maximum absolute atomic E-state index is 13.8. The monoisotopic (exact) mass is 532 g/mol. The lowest BCUT2D eigenvalue weighted by atomic mass is 10.00. The summed E-state index contributed by atoms with van der Waals surface area (Å²) in [4.78, 5) is 22.1. The lowest BCUT2D eigenvalue weighted by Gasteiger charge is -2.20. The van der Waals surface area contributed by atoms with Crippen molar-refractivity contribution < 1.29 is 23.4 Å². The summed E-state index contributed by atoms with van der Waals surface area (Å²) in [5.41, 5.74) is 9.36. The van der Waals surface area contributed by atoms with E-state index in [0.29, 0.717) is 41.7 Å². The Morgan fingerprint density at radius 2 is 1.97 bits per heavy atom. The van der Waals surface area contributed by atoms with Crippen LogP contribution in [0.1, 0.15) is 53.3 Å². The molecule has 1 saturated heterocycles. The predicted octanol–water partition coefficient (Wildman–Crippen LogP) is 3.89. The third-order valence-electron chi connectivity index (χ3n) is 7.05. The largest absolute Gasteiger partial charge is 0.496 e. The van der Waals surface area contributed by atoms with Crippen molar-refractivity contribution in [2.24, 2.45) is 0 Å². The molecule has 0 radical (unpaired) electrons. The molecule has 1 aliphatic heterocycles. The molecule has 11 heteroatoms. The topological polar surface area (TPSA) is 126 Å². The van der Waals surface area contributed by atoms with Crippen molar-refractivity contribution in [2.45, 2.75) is 44.2 Å². The fraction of sp³-hybridized carbons (Fsp3) is 0.357. The number of nitrogen functional groups attached to an aromatic ring is 1. The average molecular weight is 533 g/mol. The maximum atomic E-state index is 13.8. The second-order valence-corrected chi connectivity index (χ2v) is 9.79. The number of halogens is 1. The second-order valence-electron chi connectivity index (χ2n) is 9.79. The molecule has 0 unspecified atom stereocenters. The summed E-state index contributed by atoms with van der Waals surface area (Å²) < 4.78 is 32.6. The summed E-state index contributed by atoms with van der Waals surface area (Å²) in [6.07, 6.45) is 5.22. The minimum absolute atomic E-state index is 0.127. The molecule has 1 aliphatic carbocycles. The number of fused-ring (bicyclic) bond motifs is 1. The SMILES string of the molecule is COc1ccc(F)cc1C(=O)NCc1ccc(-c2nc(C3CCOCC3)n3ncnc(N)c23)c(OC2CC2)c1. The number of nitrogens with zero attached hydrogens (tertiary/aromatic N) is 4. The normalized spacial score (nSPS) is 15.8. The van der Waals surface area contributed by atoms with E-state index in [4.69, 9.17) is 24.9 Å². The number of methoxy groups -OCH3 is 1. The van der Waals surface area contributed by atoms with E-state index in [0.717, 1.165) is 48.7 Å². The summed E-state index contributed by atoms with van der Waals surface area (Å²) in [6.45, 7) is 1.56. The predicted molar refractivity (Wildman–Crippen MR) is 141 cm³/mol. The number of carbonyl (C=O) groups is 1. The van der Waals surface area contributed by atoms with Crippen LogP contribution in [0.5, 0.6) is 11.5 Å². The Bertz CT molecular complexity index is 1530. The van der Waals surface area contributed by atoms with Gasteiger partial charge in [-0.25, -0.2) is 18.9 Å². The number of imidazole rings is 1. The van der Waals surface area contributed by atoms with E-state index in [1.807, 2.05) is 18.2 Å². The van der Waals surface area contributed by atoms with Gasteiger partial charge < -0.3 is 25.3 Å². The van der Waals surface area contributed by atoms with Gasteiger partial charge in [-0.15, -0.1) is 0 Å². The molecule has 0 bridgehead atoms. The van der Waals surface area contributed by atoms with Gasteiger partial charge in [0.25, 0.3) is 5.91 Å². The number of ether oxygens (including phenoxy) is 3. The van der Waals surface area contributed by atoms with E-state index in [1.165, 1.54) is 25.6 Å². The molecule has 3 N–H and O–H groups in total. The summed E-state index contributed by atoms with van der Waals surface area (Å²) in [7, 11) is 1.44. The molecule has 2 aliphatic rings. The fourth-order valence-corrected chi connectivity index (χ4v) is 4.86. The zero-order chi connectivity index (χ0) is 26.9. The van der Waals surface area contributed by atoms with E-state index in [2.05, 4.69) is 15.4 Å². The van der Waals surface area contributed by atoms with Gasteiger partial charge in [0.15, 0.2) is 5.82 Å². The second kappa shape index (κ2) is 10.5. The van der Waals surface area contributed by atoms with Gasteiger partial charge in [0.2, 0.25) is 0 Å². The van der Waals surface area contributed by atoms with Gasteiger partial charge in [-0.05, 0) is 61.6 Å². The van der Waals surface area contributed by atoms with Crippen LogP contribution in [0.3, 0.4) is 0 Å². The van der Waals surface area contributed by atoms with Crippen LogP contribution < -0.4 is 20.5 Å². The standard InChI is InChI=1S/C28H29FN6O4/c1-37-22-7-3-18(29)13-21(22)28(36)31-14-16-2-6-20(23(12-16)39-19-4-5-19)24-25-26(30)32-15-33-35(25)27(34-24)17-8-10-38-11-9-17/h2-3,6-7,12-13,15,17,19H,4-5,8-11,14H2,1H3,(H,31,36)(H2,30,32,33). The lowest BCUT2D eigenvalue weighted by molar-refractivity contribution is 0.0832. The third kappa shape index (κ3) is 5.09. The first-order valence-corrected chi connectivity index (χ1v) is 13.0. The molecule has 2 aromatic carbocycles. The molecule has 10 nitrogen and oxygen atoms in total. The van der Waals surface area contributed by atoms with Crippen LogP contribution in [0, 0.1) is 5.82 Å². The van der Waals surface area contributed by atoms with Crippen LogP contribution in [0.2, 0.25) is 0 Å². The third-order valence-corrected chi connectivity index (χ3v) is 7.05. The van der Waals surface area contributed by atoms with Gasteiger partial charge in [0.05, 0.1) is 18.8 Å².